The minimum absolute atomic E-state index is 0. The quantitative estimate of drug-likeness (QED) is 0.370. The van der Waals surface area contributed by atoms with Crippen molar-refractivity contribution in [2.24, 2.45) is 12.0 Å². The molecule has 1 unspecified atom stereocenters. The van der Waals surface area contributed by atoms with Crippen LogP contribution in [-0.4, -0.2) is 64.8 Å². The Morgan fingerprint density at radius 2 is 2.11 bits per heavy atom. The molecule has 2 rings (SSSR count). The highest BCUT2D eigenvalue weighted by Crippen LogP contribution is 2.30. The third-order valence-corrected chi connectivity index (χ3v) is 4.66. The fraction of sp³-hybridized carbons (Fsp3) is 0.765. The second kappa shape index (κ2) is 10.5. The number of rotatable bonds is 6. The summed E-state index contributed by atoms with van der Waals surface area (Å²) in [5, 5.41) is 6.71. The van der Waals surface area contributed by atoms with Gasteiger partial charge >= 0.3 is 6.18 Å². The first kappa shape index (κ1) is 24.0. The zero-order valence-corrected chi connectivity index (χ0v) is 18.7. The van der Waals surface area contributed by atoms with Crippen LogP contribution in [0.4, 0.5) is 13.2 Å². The summed E-state index contributed by atoms with van der Waals surface area (Å²) < 4.78 is 40.5. The SMILES string of the molecule is CCNC(=NCc1cn(C)nc1C(F)(F)F)N(C)CC1CCCN1CC.I. The molecule has 1 N–H and O–H groups in total. The first-order valence-corrected chi connectivity index (χ1v) is 9.09. The van der Waals surface area contributed by atoms with Gasteiger partial charge in [0.25, 0.3) is 0 Å². The molecule has 1 aliphatic heterocycles. The molecule has 1 atom stereocenters. The van der Waals surface area contributed by atoms with Crippen molar-refractivity contribution in [2.45, 2.75) is 45.5 Å². The first-order chi connectivity index (χ1) is 12.3. The Labute approximate surface area is 176 Å². The number of alkyl halides is 3. The molecule has 0 aliphatic carbocycles. The molecule has 1 aromatic heterocycles. The Morgan fingerprint density at radius 1 is 1.41 bits per heavy atom. The maximum atomic E-state index is 13.1. The van der Waals surface area contributed by atoms with Crippen molar-refractivity contribution in [3.63, 3.8) is 0 Å². The number of hydrogen-bond acceptors (Lipinski definition) is 3. The van der Waals surface area contributed by atoms with Crippen LogP contribution < -0.4 is 5.32 Å². The number of hydrogen-bond donors (Lipinski definition) is 1. The third-order valence-electron chi connectivity index (χ3n) is 4.66. The van der Waals surface area contributed by atoms with E-state index in [1.54, 1.807) is 0 Å². The Morgan fingerprint density at radius 3 is 2.70 bits per heavy atom. The van der Waals surface area contributed by atoms with Gasteiger partial charge in [0.05, 0.1) is 6.54 Å². The minimum Gasteiger partial charge on any atom is -0.357 e. The van der Waals surface area contributed by atoms with E-state index in [9.17, 15) is 13.2 Å². The molecule has 0 bridgehead atoms. The Bertz CT molecular complexity index is 616. The molecule has 0 amide bonds. The van der Waals surface area contributed by atoms with Gasteiger partial charge in [0.2, 0.25) is 0 Å². The number of aliphatic imine (C=N–C) groups is 1. The van der Waals surface area contributed by atoms with Gasteiger partial charge in [0.15, 0.2) is 11.7 Å². The van der Waals surface area contributed by atoms with Crippen LogP contribution in [0.2, 0.25) is 0 Å². The smallest absolute Gasteiger partial charge is 0.357 e. The summed E-state index contributed by atoms with van der Waals surface area (Å²) in [7, 11) is 3.42. The van der Waals surface area contributed by atoms with Crippen LogP contribution in [0.15, 0.2) is 11.2 Å². The lowest BCUT2D eigenvalue weighted by atomic mass is 10.2. The molecule has 1 fully saturated rings. The largest absolute Gasteiger partial charge is 0.435 e. The summed E-state index contributed by atoms with van der Waals surface area (Å²) in [4.78, 5) is 8.86. The Kier molecular flexibility index (Phi) is 9.32. The molecule has 1 aliphatic rings. The number of guanidine groups is 1. The highest BCUT2D eigenvalue weighted by molar-refractivity contribution is 14.0. The van der Waals surface area contributed by atoms with E-state index in [1.807, 2.05) is 18.9 Å². The number of nitrogens with zero attached hydrogens (tertiary/aromatic N) is 5. The van der Waals surface area contributed by atoms with Gasteiger partial charge in [-0.1, -0.05) is 6.92 Å². The van der Waals surface area contributed by atoms with Crippen molar-refractivity contribution in [3.8, 4) is 0 Å². The third kappa shape index (κ3) is 6.51. The van der Waals surface area contributed by atoms with Crippen LogP contribution in [0.5, 0.6) is 0 Å². The van der Waals surface area contributed by atoms with E-state index >= 15 is 0 Å². The fourth-order valence-electron chi connectivity index (χ4n) is 3.44. The fourth-order valence-corrected chi connectivity index (χ4v) is 3.44. The van der Waals surface area contributed by atoms with E-state index in [1.165, 1.54) is 24.3 Å². The highest BCUT2D eigenvalue weighted by atomic mass is 127. The summed E-state index contributed by atoms with van der Waals surface area (Å²) in [5.41, 5.74) is -0.782. The molecule has 156 valence electrons. The summed E-state index contributed by atoms with van der Waals surface area (Å²) in [6.45, 7) is 7.62. The molecule has 1 saturated heterocycles. The van der Waals surface area contributed by atoms with E-state index in [0.29, 0.717) is 18.5 Å². The second-order valence-corrected chi connectivity index (χ2v) is 6.65. The van der Waals surface area contributed by atoms with Gasteiger partial charge in [-0.15, -0.1) is 24.0 Å². The number of nitrogens with one attached hydrogen (secondary N) is 1. The highest BCUT2D eigenvalue weighted by Gasteiger charge is 2.36. The second-order valence-electron chi connectivity index (χ2n) is 6.65. The predicted molar refractivity (Wildman–Crippen MR) is 111 cm³/mol. The van der Waals surface area contributed by atoms with Crippen molar-refractivity contribution in [3.05, 3.63) is 17.5 Å². The topological polar surface area (TPSA) is 48.7 Å². The number of halogens is 4. The van der Waals surface area contributed by atoms with Crippen LogP contribution >= 0.6 is 24.0 Å². The van der Waals surface area contributed by atoms with Gasteiger partial charge in [-0.05, 0) is 32.9 Å². The van der Waals surface area contributed by atoms with Crippen molar-refractivity contribution >= 4 is 29.9 Å². The molecule has 0 radical (unpaired) electrons. The molecule has 1 aromatic rings. The summed E-state index contributed by atoms with van der Waals surface area (Å²) >= 11 is 0. The number of aromatic nitrogens is 2. The molecule has 2 heterocycles. The van der Waals surface area contributed by atoms with Gasteiger partial charge in [0.1, 0.15) is 0 Å². The van der Waals surface area contributed by atoms with Gasteiger partial charge in [-0.25, -0.2) is 4.99 Å². The Hall–Kier alpha value is -1.04. The molecule has 27 heavy (non-hydrogen) atoms. The molecular weight excluding hydrogens is 472 g/mol. The lowest BCUT2D eigenvalue weighted by Crippen LogP contribution is -2.45. The minimum atomic E-state index is -4.47. The molecule has 0 aromatic carbocycles. The normalized spacial score (nSPS) is 18.5. The van der Waals surface area contributed by atoms with Crippen LogP contribution in [0.1, 0.15) is 37.9 Å². The summed E-state index contributed by atoms with van der Waals surface area (Å²) in [6.07, 6.45) is -0.767. The monoisotopic (exact) mass is 502 g/mol. The standard InChI is InChI=1S/C17H29F3N6.HI/c1-5-21-16(24(3)12-14-8-7-9-26(14)6-2)22-10-13-11-25(4)23-15(13)17(18,19)20;/h11,14H,5-10,12H2,1-4H3,(H,21,22);1H. The van der Waals surface area contributed by atoms with Crippen molar-refractivity contribution in [1.29, 1.82) is 0 Å². The van der Waals surface area contributed by atoms with Gasteiger partial charge in [-0.3, -0.25) is 9.58 Å². The van der Waals surface area contributed by atoms with E-state index < -0.39 is 11.9 Å². The number of likely N-dealkylation sites (tertiary alicyclic amines) is 1. The summed E-state index contributed by atoms with van der Waals surface area (Å²) in [6, 6.07) is 0.456. The molecule has 0 saturated carbocycles. The van der Waals surface area contributed by atoms with E-state index in [0.717, 1.165) is 26.1 Å². The lowest BCUT2D eigenvalue weighted by molar-refractivity contribution is -0.142. The number of likely N-dealkylation sites (N-methyl/N-ethyl adjacent to an activating group) is 2. The zero-order valence-electron chi connectivity index (χ0n) is 16.4. The van der Waals surface area contributed by atoms with E-state index in [4.69, 9.17) is 0 Å². The van der Waals surface area contributed by atoms with Gasteiger partial charge < -0.3 is 10.2 Å². The van der Waals surface area contributed by atoms with Gasteiger partial charge in [-0.2, -0.15) is 18.3 Å². The average Bonchev–Trinajstić information content (AvgIpc) is 3.16. The van der Waals surface area contributed by atoms with Crippen LogP contribution in [0.3, 0.4) is 0 Å². The molecule has 6 nitrogen and oxygen atoms in total. The number of aryl methyl sites for hydroxylation is 1. The van der Waals surface area contributed by atoms with Crippen molar-refractivity contribution in [2.75, 3.05) is 33.2 Å². The predicted octanol–water partition coefficient (Wildman–Crippen LogP) is 2.94. The first-order valence-electron chi connectivity index (χ1n) is 9.09. The molecule has 10 heteroatoms. The van der Waals surface area contributed by atoms with Crippen molar-refractivity contribution < 1.29 is 13.2 Å². The average molecular weight is 502 g/mol. The van der Waals surface area contributed by atoms with E-state index in [-0.39, 0.29) is 36.1 Å². The van der Waals surface area contributed by atoms with Crippen LogP contribution in [-0.2, 0) is 19.8 Å². The maximum absolute atomic E-state index is 13.1. The zero-order chi connectivity index (χ0) is 19.3. The Balaban J connectivity index is 0.00000364. The van der Waals surface area contributed by atoms with E-state index in [2.05, 4.69) is 27.2 Å². The van der Waals surface area contributed by atoms with Crippen LogP contribution in [0.25, 0.3) is 0 Å². The van der Waals surface area contributed by atoms with Crippen LogP contribution in [0, 0.1) is 0 Å². The summed E-state index contributed by atoms with van der Waals surface area (Å²) in [5.74, 6) is 0.618. The lowest BCUT2D eigenvalue weighted by Gasteiger charge is -2.29. The molecular formula is C17H30F3IN6. The maximum Gasteiger partial charge on any atom is 0.435 e. The van der Waals surface area contributed by atoms with Crippen molar-refractivity contribution in [1.82, 2.24) is 24.9 Å². The molecule has 0 spiro atoms. The van der Waals surface area contributed by atoms with Gasteiger partial charge in [0, 0.05) is 45.0 Å².